The van der Waals surface area contributed by atoms with Crippen molar-refractivity contribution in [1.29, 1.82) is 0 Å². The van der Waals surface area contributed by atoms with Crippen LogP contribution < -0.4 is 11.1 Å². The maximum Gasteiger partial charge on any atom is 0.234 e. The van der Waals surface area contributed by atoms with Gasteiger partial charge in [-0.25, -0.2) is 0 Å². The van der Waals surface area contributed by atoms with Crippen LogP contribution in [0.3, 0.4) is 0 Å². The molecule has 0 spiro atoms. The van der Waals surface area contributed by atoms with E-state index >= 15 is 0 Å². The van der Waals surface area contributed by atoms with Crippen LogP contribution in [0.25, 0.3) is 0 Å². The van der Waals surface area contributed by atoms with Crippen molar-refractivity contribution in [2.45, 2.75) is 10.8 Å². The standard InChI is InChI=1S/C26H30BN3OS2/c27-25(28)30(20-24(31)29-16-18-32)17-19-33-26(21-10-4-1-5-11-21,22-12-6-2-7-13-22)23-14-8-3-9-15-23/h1-15,25,32H,16-20,28H2,(H,29,31). The van der Waals surface area contributed by atoms with Gasteiger partial charge in [0.25, 0.3) is 0 Å². The maximum atomic E-state index is 12.2. The lowest BCUT2D eigenvalue weighted by molar-refractivity contribution is -0.122. The van der Waals surface area contributed by atoms with Gasteiger partial charge in [-0.3, -0.25) is 9.69 Å². The minimum absolute atomic E-state index is 0.101. The van der Waals surface area contributed by atoms with Crippen molar-refractivity contribution in [3.05, 3.63) is 108 Å². The van der Waals surface area contributed by atoms with Crippen molar-refractivity contribution in [3.8, 4) is 0 Å². The number of benzene rings is 3. The number of rotatable bonds is 12. The van der Waals surface area contributed by atoms with Gasteiger partial charge in [-0.1, -0.05) is 91.0 Å². The van der Waals surface area contributed by atoms with Gasteiger partial charge in [0.05, 0.1) is 11.3 Å². The normalized spacial score (nSPS) is 12.5. The first kappa shape index (κ1) is 25.4. The van der Waals surface area contributed by atoms with Crippen LogP contribution in [-0.2, 0) is 9.54 Å². The Bertz CT molecular complexity index is 878. The number of thioether (sulfide) groups is 1. The summed E-state index contributed by atoms with van der Waals surface area (Å²) in [5.74, 6) is 1.21. The molecule has 1 unspecified atom stereocenters. The number of carbonyl (C=O) groups is 1. The number of hydrogen-bond donors (Lipinski definition) is 3. The third-order valence-corrected chi connectivity index (χ3v) is 7.19. The highest BCUT2D eigenvalue weighted by molar-refractivity contribution is 8.00. The van der Waals surface area contributed by atoms with E-state index in [1.54, 1.807) is 4.90 Å². The lowest BCUT2D eigenvalue weighted by Crippen LogP contribution is -2.49. The number of thiol groups is 1. The van der Waals surface area contributed by atoms with E-state index in [1.165, 1.54) is 16.7 Å². The molecule has 3 N–H and O–H groups in total. The van der Waals surface area contributed by atoms with E-state index in [-0.39, 0.29) is 12.5 Å². The van der Waals surface area contributed by atoms with Gasteiger partial charge in [-0.05, 0) is 16.7 Å². The summed E-state index contributed by atoms with van der Waals surface area (Å²) in [5, 5.41) is 2.83. The second kappa shape index (κ2) is 12.9. The second-order valence-electron chi connectivity index (χ2n) is 7.66. The van der Waals surface area contributed by atoms with E-state index in [0.29, 0.717) is 18.8 Å². The lowest BCUT2D eigenvalue weighted by Gasteiger charge is -2.36. The second-order valence-corrected chi connectivity index (χ2v) is 9.42. The quantitative estimate of drug-likeness (QED) is 0.163. The summed E-state index contributed by atoms with van der Waals surface area (Å²) in [6.07, 6.45) is 0. The molecule has 0 aliphatic carbocycles. The van der Waals surface area contributed by atoms with Crippen LogP contribution in [0.2, 0.25) is 0 Å². The number of hydrogen-bond acceptors (Lipinski definition) is 5. The summed E-state index contributed by atoms with van der Waals surface area (Å²) in [6, 6.07) is 30.9. The molecule has 0 aromatic heterocycles. The highest BCUT2D eigenvalue weighted by Crippen LogP contribution is 2.48. The van der Waals surface area contributed by atoms with Crippen LogP contribution in [0, 0.1) is 0 Å². The first-order chi connectivity index (χ1) is 16.1. The number of nitrogens with zero attached hydrogens (tertiary/aromatic N) is 1. The predicted octanol–water partition coefficient (Wildman–Crippen LogP) is 3.47. The summed E-state index contributed by atoms with van der Waals surface area (Å²) >= 11 is 5.96. The smallest absolute Gasteiger partial charge is 0.234 e. The minimum atomic E-state index is -0.716. The Kier molecular flexibility index (Phi) is 9.94. The number of carbonyl (C=O) groups excluding carboxylic acids is 1. The molecule has 3 aromatic rings. The number of nitrogens with two attached hydrogens (primary N) is 1. The molecule has 0 saturated heterocycles. The van der Waals surface area contributed by atoms with Crippen molar-refractivity contribution in [1.82, 2.24) is 10.2 Å². The average Bonchev–Trinajstić information content (AvgIpc) is 2.86. The summed E-state index contributed by atoms with van der Waals surface area (Å²) in [5.41, 5.74) is 9.59. The summed E-state index contributed by atoms with van der Waals surface area (Å²) in [4.78, 5) is 14.0. The molecular weight excluding hydrogens is 445 g/mol. The summed E-state index contributed by atoms with van der Waals surface area (Å²) in [6.45, 7) is 1.25. The Hall–Kier alpha value is -2.19. The van der Waals surface area contributed by atoms with Crippen molar-refractivity contribution < 1.29 is 4.79 Å². The van der Waals surface area contributed by atoms with Crippen LogP contribution >= 0.6 is 24.4 Å². The largest absolute Gasteiger partial charge is 0.354 e. The molecular formula is C26H30BN3OS2. The Balaban J connectivity index is 1.91. The molecule has 0 aliphatic heterocycles. The molecule has 1 amide bonds. The zero-order chi connectivity index (χ0) is 23.5. The van der Waals surface area contributed by atoms with Crippen LogP contribution in [0.5, 0.6) is 0 Å². The van der Waals surface area contributed by atoms with Gasteiger partial charge in [0.15, 0.2) is 0 Å². The van der Waals surface area contributed by atoms with Gasteiger partial charge in [-0.2, -0.15) is 12.6 Å². The Morgan fingerprint density at radius 3 is 1.79 bits per heavy atom. The highest BCUT2D eigenvalue weighted by atomic mass is 32.2. The predicted molar refractivity (Wildman–Crippen MR) is 144 cm³/mol. The Labute approximate surface area is 208 Å². The van der Waals surface area contributed by atoms with E-state index in [0.717, 1.165) is 5.75 Å². The molecule has 3 aromatic carbocycles. The van der Waals surface area contributed by atoms with Gasteiger partial charge in [-0.15, -0.1) is 11.8 Å². The molecule has 1 atom stereocenters. The van der Waals surface area contributed by atoms with Crippen LogP contribution in [0.15, 0.2) is 91.0 Å². The third kappa shape index (κ3) is 6.67. The monoisotopic (exact) mass is 475 g/mol. The molecule has 0 fully saturated rings. The molecule has 0 saturated carbocycles. The van der Waals surface area contributed by atoms with Crippen LogP contribution in [0.1, 0.15) is 16.7 Å². The molecule has 33 heavy (non-hydrogen) atoms. The lowest BCUT2D eigenvalue weighted by atomic mass is 9.84. The van der Waals surface area contributed by atoms with E-state index in [9.17, 15) is 4.79 Å². The first-order valence-electron chi connectivity index (χ1n) is 11.0. The molecule has 170 valence electrons. The van der Waals surface area contributed by atoms with Gasteiger partial charge in [0.2, 0.25) is 5.91 Å². The fourth-order valence-electron chi connectivity index (χ4n) is 3.85. The molecule has 0 aliphatic rings. The van der Waals surface area contributed by atoms with Crippen LogP contribution in [0.4, 0.5) is 0 Å². The molecule has 0 heterocycles. The van der Waals surface area contributed by atoms with Crippen molar-refractivity contribution in [2.75, 3.05) is 31.1 Å². The van der Waals surface area contributed by atoms with Gasteiger partial charge < -0.3 is 11.1 Å². The van der Waals surface area contributed by atoms with E-state index in [1.807, 2.05) is 30.0 Å². The van der Waals surface area contributed by atoms with Crippen molar-refractivity contribution >= 4 is 38.1 Å². The SMILES string of the molecule is [B]C(N)N(CCSC(c1ccccc1)(c1ccccc1)c1ccccc1)CC(=O)NCCS. The zero-order valence-corrected chi connectivity index (χ0v) is 20.3. The van der Waals surface area contributed by atoms with Gasteiger partial charge in [0.1, 0.15) is 7.85 Å². The van der Waals surface area contributed by atoms with Crippen LogP contribution in [-0.4, -0.2) is 55.9 Å². The maximum absolute atomic E-state index is 12.2. The third-order valence-electron chi connectivity index (χ3n) is 5.44. The summed E-state index contributed by atoms with van der Waals surface area (Å²) in [7, 11) is 6.00. The van der Waals surface area contributed by atoms with Crippen molar-refractivity contribution in [3.63, 3.8) is 0 Å². The number of amides is 1. The van der Waals surface area contributed by atoms with E-state index in [4.69, 9.17) is 13.6 Å². The van der Waals surface area contributed by atoms with E-state index < -0.39 is 10.8 Å². The molecule has 7 heteroatoms. The summed E-state index contributed by atoms with van der Waals surface area (Å²) < 4.78 is -0.414. The molecule has 4 nitrogen and oxygen atoms in total. The first-order valence-corrected chi connectivity index (χ1v) is 12.6. The van der Waals surface area contributed by atoms with Crippen molar-refractivity contribution in [2.24, 2.45) is 5.73 Å². The fraction of sp³-hybridized carbons (Fsp3) is 0.269. The Morgan fingerprint density at radius 1 is 0.939 bits per heavy atom. The fourth-order valence-corrected chi connectivity index (χ4v) is 5.51. The van der Waals surface area contributed by atoms with Gasteiger partial charge in [0, 0.05) is 30.7 Å². The van der Waals surface area contributed by atoms with E-state index in [2.05, 4.69) is 90.7 Å². The topological polar surface area (TPSA) is 58.4 Å². The Morgan fingerprint density at radius 2 is 1.39 bits per heavy atom. The number of nitrogens with one attached hydrogen (secondary N) is 1. The minimum Gasteiger partial charge on any atom is -0.354 e. The van der Waals surface area contributed by atoms with Gasteiger partial charge >= 0.3 is 0 Å². The average molecular weight is 475 g/mol. The molecule has 0 bridgehead atoms. The highest BCUT2D eigenvalue weighted by Gasteiger charge is 2.36. The molecule has 3 rings (SSSR count). The molecule has 2 radical (unpaired) electrons. The zero-order valence-electron chi connectivity index (χ0n) is 18.6.